The Balaban J connectivity index is 1.53. The lowest BCUT2D eigenvalue weighted by Crippen LogP contribution is -2.17. The number of ether oxygens (including phenoxy) is 1. The molecule has 0 bridgehead atoms. The summed E-state index contributed by atoms with van der Waals surface area (Å²) in [5.74, 6) is 7.22. The van der Waals surface area contributed by atoms with Gasteiger partial charge in [-0.2, -0.15) is 0 Å². The van der Waals surface area contributed by atoms with Gasteiger partial charge in [-0.3, -0.25) is 4.90 Å². The summed E-state index contributed by atoms with van der Waals surface area (Å²) in [6, 6.07) is 16.7. The summed E-state index contributed by atoms with van der Waals surface area (Å²) in [5.41, 5.74) is 3.54. The maximum atomic E-state index is 6.06. The lowest BCUT2D eigenvalue weighted by Gasteiger charge is -2.15. The second-order valence-corrected chi connectivity index (χ2v) is 9.49. The molecule has 1 aromatic heterocycles. The highest BCUT2D eigenvalue weighted by atomic mass is 32.1. The van der Waals surface area contributed by atoms with Crippen molar-refractivity contribution in [3.05, 3.63) is 83.4 Å². The smallest absolute Gasteiger partial charge is 0.123 e. The molecule has 1 heterocycles. The number of aromatic nitrogens is 1. The van der Waals surface area contributed by atoms with Crippen molar-refractivity contribution in [1.29, 1.82) is 0 Å². The van der Waals surface area contributed by atoms with E-state index < -0.39 is 0 Å². The minimum Gasteiger partial charge on any atom is -0.489 e. The van der Waals surface area contributed by atoms with Crippen LogP contribution in [0.4, 0.5) is 0 Å². The molecule has 0 radical (unpaired) electrons. The van der Waals surface area contributed by atoms with Crippen LogP contribution in [-0.4, -0.2) is 23.5 Å². The highest BCUT2D eigenvalue weighted by Gasteiger charge is 2.05. The first-order valence-corrected chi connectivity index (χ1v) is 11.3. The number of hydrogen-bond acceptors (Lipinski definition) is 4. The van der Waals surface area contributed by atoms with Gasteiger partial charge >= 0.3 is 0 Å². The van der Waals surface area contributed by atoms with E-state index in [-0.39, 0.29) is 5.41 Å². The molecule has 0 fully saturated rings. The molecule has 0 N–H and O–H groups in total. The number of thiazole rings is 1. The second kappa shape index (κ2) is 10.9. The van der Waals surface area contributed by atoms with Crippen molar-refractivity contribution >= 4 is 11.3 Å². The zero-order valence-corrected chi connectivity index (χ0v) is 19.6. The molecule has 3 nitrogen and oxygen atoms in total. The van der Waals surface area contributed by atoms with Gasteiger partial charge in [0.1, 0.15) is 17.4 Å². The minimum absolute atomic E-state index is 0.0405. The Morgan fingerprint density at radius 3 is 2.68 bits per heavy atom. The van der Waals surface area contributed by atoms with E-state index in [1.165, 1.54) is 5.56 Å². The summed E-state index contributed by atoms with van der Waals surface area (Å²) in [6.45, 7) is 8.60. The van der Waals surface area contributed by atoms with Gasteiger partial charge in [0, 0.05) is 35.6 Å². The Hall–Kier alpha value is -2.87. The van der Waals surface area contributed by atoms with Gasteiger partial charge in [-0.05, 0) is 63.2 Å². The van der Waals surface area contributed by atoms with E-state index in [1.807, 2.05) is 23.7 Å². The molecule has 3 aromatic rings. The van der Waals surface area contributed by atoms with Gasteiger partial charge < -0.3 is 4.74 Å². The Kier molecular flexibility index (Phi) is 8.06. The maximum Gasteiger partial charge on any atom is 0.123 e. The molecule has 4 heteroatoms. The Labute approximate surface area is 190 Å². The van der Waals surface area contributed by atoms with E-state index in [9.17, 15) is 0 Å². The molecule has 3 rings (SSSR count). The van der Waals surface area contributed by atoms with Crippen LogP contribution in [0.15, 0.2) is 72.3 Å². The van der Waals surface area contributed by atoms with E-state index in [4.69, 9.17) is 4.74 Å². The molecular formula is C27H30N2OS. The summed E-state index contributed by atoms with van der Waals surface area (Å²) < 4.78 is 6.06. The Morgan fingerprint density at radius 2 is 1.90 bits per heavy atom. The van der Waals surface area contributed by atoms with Gasteiger partial charge in [-0.1, -0.05) is 48.2 Å². The molecule has 31 heavy (non-hydrogen) atoms. The van der Waals surface area contributed by atoms with Crippen molar-refractivity contribution in [3.63, 3.8) is 0 Å². The van der Waals surface area contributed by atoms with Gasteiger partial charge in [0.05, 0.1) is 0 Å². The molecule has 0 amide bonds. The molecule has 0 saturated heterocycles. The molecular weight excluding hydrogens is 400 g/mol. The number of nitrogens with zero attached hydrogens (tertiary/aromatic N) is 2. The van der Waals surface area contributed by atoms with Crippen LogP contribution >= 0.6 is 11.3 Å². The minimum atomic E-state index is 0.0405. The fraction of sp³-hybridized carbons (Fsp3) is 0.296. The largest absolute Gasteiger partial charge is 0.489 e. The summed E-state index contributed by atoms with van der Waals surface area (Å²) in [5, 5.41) is 3.03. The Morgan fingerprint density at radius 1 is 1.10 bits per heavy atom. The van der Waals surface area contributed by atoms with Crippen LogP contribution in [0.5, 0.6) is 5.75 Å². The monoisotopic (exact) mass is 430 g/mol. The molecule has 0 aliphatic rings. The molecule has 0 atom stereocenters. The molecule has 0 saturated carbocycles. The topological polar surface area (TPSA) is 25.4 Å². The average molecular weight is 431 g/mol. The second-order valence-electron chi connectivity index (χ2n) is 8.59. The predicted molar refractivity (Wildman–Crippen MR) is 131 cm³/mol. The van der Waals surface area contributed by atoms with E-state index in [0.29, 0.717) is 6.61 Å². The van der Waals surface area contributed by atoms with Crippen molar-refractivity contribution in [2.75, 3.05) is 13.6 Å². The van der Waals surface area contributed by atoms with E-state index in [2.05, 4.69) is 98.1 Å². The fourth-order valence-electron chi connectivity index (χ4n) is 2.99. The van der Waals surface area contributed by atoms with Crippen LogP contribution in [0.25, 0.3) is 10.6 Å². The first kappa shape index (κ1) is 22.8. The zero-order chi connectivity index (χ0) is 22.1. The molecule has 0 aliphatic carbocycles. The molecule has 0 unspecified atom stereocenters. The molecule has 0 aliphatic heterocycles. The summed E-state index contributed by atoms with van der Waals surface area (Å²) >= 11 is 1.65. The number of allylic oxidation sites excluding steroid dienone is 1. The summed E-state index contributed by atoms with van der Waals surface area (Å²) in [7, 11) is 2.11. The standard InChI is InChI=1S/C27H30N2OS/c1-27(2,3)14-6-5-7-16-29(4)20-22-10-9-13-25(19-22)30-21-23-11-8-12-24(18-23)26-28-15-17-31-26/h5,7-13,15,17-19H,16,20-21H2,1-4H3/b7-5+. The van der Waals surface area contributed by atoms with Gasteiger partial charge in [0.2, 0.25) is 0 Å². The van der Waals surface area contributed by atoms with Crippen LogP contribution in [-0.2, 0) is 13.2 Å². The third-order valence-electron chi connectivity index (χ3n) is 4.43. The zero-order valence-electron chi connectivity index (χ0n) is 18.8. The lowest BCUT2D eigenvalue weighted by molar-refractivity contribution is 0.304. The van der Waals surface area contributed by atoms with Gasteiger partial charge in [0.25, 0.3) is 0 Å². The molecule has 2 aromatic carbocycles. The van der Waals surface area contributed by atoms with Crippen molar-refractivity contribution < 1.29 is 4.74 Å². The van der Waals surface area contributed by atoms with Crippen molar-refractivity contribution in [2.24, 2.45) is 5.41 Å². The van der Waals surface area contributed by atoms with Gasteiger partial charge in [-0.15, -0.1) is 11.3 Å². The van der Waals surface area contributed by atoms with Crippen molar-refractivity contribution in [3.8, 4) is 28.2 Å². The lowest BCUT2D eigenvalue weighted by atomic mass is 9.98. The normalized spacial score (nSPS) is 11.5. The number of likely N-dealkylation sites (N-methyl/N-ethyl adjacent to an activating group) is 1. The van der Waals surface area contributed by atoms with Crippen molar-refractivity contribution in [2.45, 2.75) is 33.9 Å². The van der Waals surface area contributed by atoms with Crippen LogP contribution in [0.3, 0.4) is 0 Å². The summed E-state index contributed by atoms with van der Waals surface area (Å²) in [4.78, 5) is 6.64. The number of hydrogen-bond donors (Lipinski definition) is 0. The number of benzene rings is 2. The average Bonchev–Trinajstić information content (AvgIpc) is 3.27. The fourth-order valence-corrected chi connectivity index (χ4v) is 3.62. The van der Waals surface area contributed by atoms with Crippen LogP contribution in [0, 0.1) is 17.3 Å². The molecule has 0 spiro atoms. The first-order chi connectivity index (χ1) is 14.9. The highest BCUT2D eigenvalue weighted by Crippen LogP contribution is 2.23. The van der Waals surface area contributed by atoms with Crippen LogP contribution in [0.2, 0.25) is 0 Å². The first-order valence-electron chi connectivity index (χ1n) is 10.5. The van der Waals surface area contributed by atoms with E-state index in [0.717, 1.165) is 35.0 Å². The van der Waals surface area contributed by atoms with Gasteiger partial charge in [-0.25, -0.2) is 4.98 Å². The van der Waals surface area contributed by atoms with E-state index in [1.54, 1.807) is 11.3 Å². The quantitative estimate of drug-likeness (QED) is 0.385. The highest BCUT2D eigenvalue weighted by molar-refractivity contribution is 7.13. The Bertz CT molecular complexity index is 1050. The van der Waals surface area contributed by atoms with E-state index >= 15 is 0 Å². The summed E-state index contributed by atoms with van der Waals surface area (Å²) in [6.07, 6.45) is 5.89. The van der Waals surface area contributed by atoms with Crippen LogP contribution < -0.4 is 4.74 Å². The number of rotatable bonds is 8. The molecule has 160 valence electrons. The third-order valence-corrected chi connectivity index (χ3v) is 5.25. The maximum absolute atomic E-state index is 6.06. The van der Waals surface area contributed by atoms with Gasteiger partial charge in [0.15, 0.2) is 0 Å². The van der Waals surface area contributed by atoms with Crippen molar-refractivity contribution in [1.82, 2.24) is 9.88 Å². The van der Waals surface area contributed by atoms with Crippen LogP contribution in [0.1, 0.15) is 31.9 Å². The third kappa shape index (κ3) is 8.05. The predicted octanol–water partition coefficient (Wildman–Crippen LogP) is 6.43. The SMILES string of the molecule is CN(C/C=C/C#CC(C)(C)C)Cc1cccc(OCc2cccc(-c3nccs3)c2)c1.